The molecule has 0 saturated carbocycles. The SMILES string of the molecule is CC1Cc2cc(OS(=O)(=O)C(F)(F)F)ccc2C(c2c(F)cc(O[Si](c3ccccc3)(c3ccccc3)C(C)(C)C)cc2F)N1CC(C)(C)F. The summed E-state index contributed by atoms with van der Waals surface area (Å²) in [5.74, 6) is -2.59. The van der Waals surface area contributed by atoms with Crippen molar-refractivity contribution in [2.24, 2.45) is 0 Å². The van der Waals surface area contributed by atoms with Crippen LogP contribution in [0.5, 0.6) is 11.5 Å². The molecule has 0 amide bonds. The Hall–Kier alpha value is -3.81. The third-order valence-corrected chi connectivity index (χ3v) is 14.8. The summed E-state index contributed by atoms with van der Waals surface area (Å²) in [5, 5.41) is 1.27. The molecular formula is C37H39F6NO4SSi. The molecule has 2 unspecified atom stereocenters. The molecule has 268 valence electrons. The molecule has 0 spiro atoms. The molecule has 0 radical (unpaired) electrons. The van der Waals surface area contributed by atoms with E-state index in [1.54, 1.807) is 11.8 Å². The van der Waals surface area contributed by atoms with Crippen LogP contribution < -0.4 is 19.0 Å². The lowest BCUT2D eigenvalue weighted by molar-refractivity contribution is -0.0500. The van der Waals surface area contributed by atoms with E-state index >= 15 is 13.2 Å². The first-order valence-electron chi connectivity index (χ1n) is 16.0. The highest BCUT2D eigenvalue weighted by Crippen LogP contribution is 2.44. The molecular weight excluding hydrogens is 697 g/mol. The standard InChI is InChI=1S/C37H39F6NO4SSi/c1-24-19-25-20-26(47-49(45,46)37(41,42)43)17-18-30(25)34(44(24)23-36(5,6)40)33-31(38)21-27(22-32(33)39)48-50(35(2,3)4,28-13-9-7-10-14-28)29-15-11-8-12-16-29/h7-18,20-22,24,34H,19,23H2,1-6H3. The van der Waals surface area contributed by atoms with Crippen molar-refractivity contribution < 1.29 is 43.4 Å². The van der Waals surface area contributed by atoms with Gasteiger partial charge in [0, 0.05) is 30.3 Å². The van der Waals surface area contributed by atoms with Crippen molar-refractivity contribution in [2.45, 2.75) is 76.3 Å². The largest absolute Gasteiger partial charge is 0.534 e. The van der Waals surface area contributed by atoms with Crippen molar-refractivity contribution in [3.05, 3.63) is 119 Å². The Bertz CT molecular complexity index is 1880. The fourth-order valence-corrected chi connectivity index (χ4v) is 11.7. The molecule has 0 fully saturated rings. The number of nitrogens with zero attached hydrogens (tertiary/aromatic N) is 1. The maximum atomic E-state index is 16.6. The van der Waals surface area contributed by atoms with E-state index in [4.69, 9.17) is 4.43 Å². The van der Waals surface area contributed by atoms with E-state index in [0.29, 0.717) is 5.56 Å². The maximum absolute atomic E-state index is 16.6. The second-order valence-corrected chi connectivity index (χ2v) is 20.0. The molecule has 0 N–H and O–H groups in total. The monoisotopic (exact) mass is 735 g/mol. The number of halogens is 6. The van der Waals surface area contributed by atoms with E-state index in [1.807, 2.05) is 81.4 Å². The van der Waals surface area contributed by atoms with Crippen molar-refractivity contribution in [3.8, 4) is 11.5 Å². The predicted molar refractivity (Wildman–Crippen MR) is 184 cm³/mol. The third-order valence-electron chi connectivity index (χ3n) is 8.88. The molecule has 0 bridgehead atoms. The summed E-state index contributed by atoms with van der Waals surface area (Å²) in [7, 11) is -9.25. The molecule has 5 rings (SSSR count). The molecule has 50 heavy (non-hydrogen) atoms. The van der Waals surface area contributed by atoms with Gasteiger partial charge in [0.1, 0.15) is 28.8 Å². The van der Waals surface area contributed by atoms with E-state index in [-0.39, 0.29) is 24.3 Å². The summed E-state index contributed by atoms with van der Waals surface area (Å²) < 4.78 is 122. The molecule has 13 heteroatoms. The Balaban J connectivity index is 1.65. The van der Waals surface area contributed by atoms with Gasteiger partial charge in [0.05, 0.1) is 6.04 Å². The zero-order valence-corrected chi connectivity index (χ0v) is 30.3. The minimum absolute atomic E-state index is 0.0411. The molecule has 0 aromatic heterocycles. The van der Waals surface area contributed by atoms with Crippen molar-refractivity contribution in [2.75, 3.05) is 6.54 Å². The van der Waals surface area contributed by atoms with Crippen LogP contribution in [0.25, 0.3) is 0 Å². The Morgan fingerprint density at radius 3 is 1.76 bits per heavy atom. The molecule has 1 heterocycles. The Labute approximate surface area is 290 Å². The van der Waals surface area contributed by atoms with Gasteiger partial charge < -0.3 is 8.61 Å². The van der Waals surface area contributed by atoms with Gasteiger partial charge in [-0.1, -0.05) is 87.5 Å². The summed E-state index contributed by atoms with van der Waals surface area (Å²) in [6.07, 6.45) is 0.115. The molecule has 4 aromatic carbocycles. The smallest absolute Gasteiger partial charge is 0.534 e. The first kappa shape index (κ1) is 37.4. The average molecular weight is 736 g/mol. The van der Waals surface area contributed by atoms with E-state index < -0.39 is 69.7 Å². The number of alkyl halides is 4. The van der Waals surface area contributed by atoms with Crippen molar-refractivity contribution >= 4 is 28.8 Å². The lowest BCUT2D eigenvalue weighted by atomic mass is 9.83. The average Bonchev–Trinajstić information content (AvgIpc) is 3.00. The summed E-state index contributed by atoms with van der Waals surface area (Å²) in [6, 6.07) is 22.9. The highest BCUT2D eigenvalue weighted by Gasteiger charge is 2.52. The molecule has 1 aliphatic heterocycles. The zero-order chi connectivity index (χ0) is 36.9. The molecule has 5 nitrogen and oxygen atoms in total. The minimum Gasteiger partial charge on any atom is -0.534 e. The van der Waals surface area contributed by atoms with E-state index in [9.17, 15) is 21.6 Å². The summed E-state index contributed by atoms with van der Waals surface area (Å²) in [6.45, 7) is 10.2. The maximum Gasteiger partial charge on any atom is 0.534 e. The van der Waals surface area contributed by atoms with Crippen LogP contribution in [-0.2, 0) is 16.5 Å². The molecule has 4 aromatic rings. The second kappa shape index (κ2) is 13.4. The predicted octanol–water partition coefficient (Wildman–Crippen LogP) is 8.22. The number of benzene rings is 4. The van der Waals surface area contributed by atoms with Crippen LogP contribution in [-0.4, -0.2) is 45.4 Å². The summed E-state index contributed by atoms with van der Waals surface area (Å²) >= 11 is 0. The highest BCUT2D eigenvalue weighted by atomic mass is 32.2. The van der Waals surface area contributed by atoms with Crippen LogP contribution in [0.4, 0.5) is 26.3 Å². The molecule has 0 aliphatic carbocycles. The summed E-state index contributed by atoms with van der Waals surface area (Å²) in [5.41, 5.74) is -7.30. The topological polar surface area (TPSA) is 55.8 Å². The van der Waals surface area contributed by atoms with Crippen molar-refractivity contribution in [1.29, 1.82) is 0 Å². The van der Waals surface area contributed by atoms with E-state index in [2.05, 4.69) is 4.18 Å². The fraction of sp³-hybridized carbons (Fsp3) is 0.351. The first-order valence-corrected chi connectivity index (χ1v) is 19.3. The van der Waals surface area contributed by atoms with Gasteiger partial charge in [-0.15, -0.1) is 0 Å². The first-order chi connectivity index (χ1) is 23.1. The molecule has 0 saturated heterocycles. The van der Waals surface area contributed by atoms with E-state index in [1.165, 1.54) is 19.9 Å². The van der Waals surface area contributed by atoms with Crippen LogP contribution in [0, 0.1) is 11.6 Å². The lowest BCUT2D eigenvalue weighted by Gasteiger charge is -2.44. The Morgan fingerprint density at radius 2 is 1.30 bits per heavy atom. The Morgan fingerprint density at radius 1 is 0.780 bits per heavy atom. The fourth-order valence-electron chi connectivity index (χ4n) is 6.83. The van der Waals surface area contributed by atoms with Gasteiger partial charge >= 0.3 is 23.9 Å². The number of rotatable bonds is 9. The van der Waals surface area contributed by atoms with E-state index in [0.717, 1.165) is 34.6 Å². The van der Waals surface area contributed by atoms with Crippen LogP contribution in [0.2, 0.25) is 5.04 Å². The minimum atomic E-state index is -5.97. The number of hydrogen-bond acceptors (Lipinski definition) is 5. The van der Waals surface area contributed by atoms with Crippen molar-refractivity contribution in [3.63, 3.8) is 0 Å². The lowest BCUT2D eigenvalue weighted by Crippen LogP contribution is -2.68. The quantitative estimate of drug-likeness (QED) is 0.0751. The zero-order valence-electron chi connectivity index (χ0n) is 28.5. The van der Waals surface area contributed by atoms with Gasteiger partial charge in [-0.05, 0) is 65.9 Å². The van der Waals surface area contributed by atoms with Gasteiger partial charge in [-0.3, -0.25) is 4.90 Å². The molecule has 1 aliphatic rings. The molecule has 2 atom stereocenters. The second-order valence-electron chi connectivity index (χ2n) is 14.3. The van der Waals surface area contributed by atoms with Crippen LogP contribution in [0.3, 0.4) is 0 Å². The van der Waals surface area contributed by atoms with Crippen LogP contribution in [0.15, 0.2) is 91.0 Å². The number of fused-ring (bicyclic) bond motifs is 1. The van der Waals surface area contributed by atoms with Gasteiger partial charge in [0.15, 0.2) is 0 Å². The third kappa shape index (κ3) is 7.31. The van der Waals surface area contributed by atoms with Crippen molar-refractivity contribution in [1.82, 2.24) is 4.90 Å². The Kier molecular flexibility index (Phi) is 10.0. The van der Waals surface area contributed by atoms with Crippen LogP contribution >= 0.6 is 0 Å². The van der Waals surface area contributed by atoms with Gasteiger partial charge in [0.2, 0.25) is 0 Å². The van der Waals surface area contributed by atoms with Crippen LogP contribution in [0.1, 0.15) is 64.3 Å². The van der Waals surface area contributed by atoms with Gasteiger partial charge in [0.25, 0.3) is 0 Å². The number of hydrogen-bond donors (Lipinski definition) is 0. The normalized spacial score (nSPS) is 17.7. The highest BCUT2D eigenvalue weighted by molar-refractivity contribution is 7.88. The summed E-state index contributed by atoms with van der Waals surface area (Å²) in [4.78, 5) is 1.60. The van der Waals surface area contributed by atoms with Gasteiger partial charge in [-0.25, -0.2) is 13.2 Å². The van der Waals surface area contributed by atoms with Gasteiger partial charge in [-0.2, -0.15) is 21.6 Å².